The van der Waals surface area contributed by atoms with Crippen LogP contribution in [0.15, 0.2) is 46.9 Å². The van der Waals surface area contributed by atoms with E-state index in [4.69, 9.17) is 4.74 Å². The van der Waals surface area contributed by atoms with Crippen molar-refractivity contribution in [3.8, 4) is 5.75 Å². The molecule has 1 heterocycles. The first kappa shape index (κ1) is 20.9. The molecule has 0 radical (unpaired) electrons. The van der Waals surface area contributed by atoms with Gasteiger partial charge in [-0.1, -0.05) is 46.3 Å². The number of aryl methyl sites for hydroxylation is 2. The second kappa shape index (κ2) is 8.66. The molecule has 5 nitrogen and oxygen atoms in total. The van der Waals surface area contributed by atoms with Crippen molar-refractivity contribution in [1.29, 1.82) is 0 Å². The monoisotopic (exact) mass is 465 g/mol. The first-order chi connectivity index (χ1) is 13.2. The highest BCUT2D eigenvalue weighted by Crippen LogP contribution is 2.24. The van der Waals surface area contributed by atoms with Crippen LogP contribution in [0.5, 0.6) is 5.75 Å². The van der Waals surface area contributed by atoms with E-state index in [1.807, 2.05) is 56.3 Å². The van der Waals surface area contributed by atoms with Gasteiger partial charge in [0.05, 0.1) is 11.5 Å². The lowest BCUT2D eigenvalue weighted by atomic mass is 10.1. The Morgan fingerprint density at radius 2 is 1.86 bits per heavy atom. The zero-order chi connectivity index (χ0) is 20.3. The fraction of sp³-hybridized carbons (Fsp3) is 0.381. The third-order valence-electron chi connectivity index (χ3n) is 4.96. The van der Waals surface area contributed by atoms with Crippen LogP contribution in [0, 0.1) is 13.8 Å². The molecule has 0 aromatic heterocycles. The second-order valence-corrected chi connectivity index (χ2v) is 10.4. The van der Waals surface area contributed by atoms with Crippen molar-refractivity contribution < 1.29 is 17.9 Å². The van der Waals surface area contributed by atoms with Gasteiger partial charge in [-0.05, 0) is 49.1 Å². The van der Waals surface area contributed by atoms with E-state index < -0.39 is 9.84 Å². The number of sulfone groups is 1. The summed E-state index contributed by atoms with van der Waals surface area (Å²) in [4.78, 5) is 14.7. The summed E-state index contributed by atoms with van der Waals surface area (Å²) >= 11 is 3.44. The van der Waals surface area contributed by atoms with Gasteiger partial charge in [0.2, 0.25) is 0 Å². The molecule has 1 aliphatic rings. The van der Waals surface area contributed by atoms with Crippen LogP contribution in [-0.2, 0) is 21.2 Å². The van der Waals surface area contributed by atoms with E-state index in [1.165, 1.54) is 0 Å². The lowest BCUT2D eigenvalue weighted by Gasteiger charge is -2.28. The number of rotatable bonds is 6. The summed E-state index contributed by atoms with van der Waals surface area (Å²) in [7, 11) is -3.10. The first-order valence-corrected chi connectivity index (χ1v) is 11.8. The molecule has 0 N–H and O–H groups in total. The highest BCUT2D eigenvalue weighted by molar-refractivity contribution is 9.10. The predicted octanol–water partition coefficient (Wildman–Crippen LogP) is 3.66. The highest BCUT2D eigenvalue weighted by atomic mass is 79.9. The summed E-state index contributed by atoms with van der Waals surface area (Å²) in [5.74, 6) is 0.635. The number of carbonyl (C=O) groups is 1. The number of carbonyl (C=O) groups excluding carboxylic acids is 1. The van der Waals surface area contributed by atoms with E-state index in [2.05, 4.69) is 15.9 Å². The van der Waals surface area contributed by atoms with Crippen LogP contribution in [0.1, 0.15) is 23.1 Å². The molecular weight excluding hydrogens is 442 g/mol. The van der Waals surface area contributed by atoms with Gasteiger partial charge in [0.25, 0.3) is 5.91 Å². The lowest BCUT2D eigenvalue weighted by Crippen LogP contribution is -2.43. The van der Waals surface area contributed by atoms with Crippen molar-refractivity contribution >= 4 is 31.7 Å². The summed E-state index contributed by atoms with van der Waals surface area (Å²) < 4.78 is 30.7. The standard InChI is InChI=1S/C21H24BrNO4S/c1-15-5-3-6-16(2)21(15)27-13-20(24)23(19-9-10-28(25,26)14-19)12-17-7-4-8-18(22)11-17/h3-8,11,19H,9-10,12-14H2,1-2H3. The van der Waals surface area contributed by atoms with Gasteiger partial charge < -0.3 is 9.64 Å². The number of hydrogen-bond donors (Lipinski definition) is 0. The predicted molar refractivity (Wildman–Crippen MR) is 113 cm³/mol. The highest BCUT2D eigenvalue weighted by Gasteiger charge is 2.34. The number of halogens is 1. The molecule has 3 rings (SSSR count). The number of para-hydroxylation sites is 1. The number of amides is 1. The molecule has 1 amide bonds. The van der Waals surface area contributed by atoms with Crippen molar-refractivity contribution in [3.05, 3.63) is 63.6 Å². The van der Waals surface area contributed by atoms with Crippen molar-refractivity contribution in [2.75, 3.05) is 18.1 Å². The molecule has 2 aromatic rings. The normalized spacial score (nSPS) is 18.0. The van der Waals surface area contributed by atoms with Crippen molar-refractivity contribution in [3.63, 3.8) is 0 Å². The minimum absolute atomic E-state index is 0.0101. The Labute approximate surface area is 174 Å². The van der Waals surface area contributed by atoms with Gasteiger partial charge >= 0.3 is 0 Å². The summed E-state index contributed by atoms with van der Waals surface area (Å²) in [6.07, 6.45) is 0.464. The smallest absolute Gasteiger partial charge is 0.261 e. The summed E-state index contributed by atoms with van der Waals surface area (Å²) in [5, 5.41) is 0. The van der Waals surface area contributed by atoms with Gasteiger partial charge in [-0.2, -0.15) is 0 Å². The fourth-order valence-corrected chi connectivity index (χ4v) is 5.70. The number of ether oxygens (including phenoxy) is 1. The van der Waals surface area contributed by atoms with Crippen LogP contribution in [-0.4, -0.2) is 43.4 Å². The summed E-state index contributed by atoms with van der Waals surface area (Å²) in [6, 6.07) is 13.2. The molecule has 2 aromatic carbocycles. The lowest BCUT2D eigenvalue weighted by molar-refractivity contribution is -0.136. The number of benzene rings is 2. The van der Waals surface area contributed by atoms with Crippen LogP contribution in [0.4, 0.5) is 0 Å². The molecule has 28 heavy (non-hydrogen) atoms. The summed E-state index contributed by atoms with van der Waals surface area (Å²) in [6.45, 7) is 4.12. The average Bonchev–Trinajstić information content (AvgIpc) is 2.98. The molecule has 1 atom stereocenters. The Kier molecular flexibility index (Phi) is 6.45. The Hall–Kier alpha value is -1.86. The minimum atomic E-state index is -3.10. The molecule has 0 aliphatic carbocycles. The Balaban J connectivity index is 1.78. The van der Waals surface area contributed by atoms with Crippen molar-refractivity contribution in [2.45, 2.75) is 32.9 Å². The fourth-order valence-electron chi connectivity index (χ4n) is 3.52. The van der Waals surface area contributed by atoms with Crippen LogP contribution in [0.3, 0.4) is 0 Å². The largest absolute Gasteiger partial charge is 0.483 e. The molecule has 0 bridgehead atoms. The first-order valence-electron chi connectivity index (χ1n) is 9.18. The van der Waals surface area contributed by atoms with Crippen molar-refractivity contribution in [1.82, 2.24) is 4.90 Å². The van der Waals surface area contributed by atoms with Crippen molar-refractivity contribution in [2.24, 2.45) is 0 Å². The molecule has 150 valence electrons. The molecule has 1 saturated heterocycles. The van der Waals surface area contributed by atoms with E-state index in [9.17, 15) is 13.2 Å². The maximum Gasteiger partial charge on any atom is 0.261 e. The van der Waals surface area contributed by atoms with Crippen LogP contribution >= 0.6 is 15.9 Å². The van der Waals surface area contributed by atoms with Crippen LogP contribution in [0.2, 0.25) is 0 Å². The van der Waals surface area contributed by atoms with Gasteiger partial charge in [-0.25, -0.2) is 8.42 Å². The van der Waals surface area contributed by atoms with E-state index in [-0.39, 0.29) is 30.1 Å². The van der Waals surface area contributed by atoms with Gasteiger partial charge in [-0.3, -0.25) is 4.79 Å². The van der Waals surface area contributed by atoms with Gasteiger partial charge in [-0.15, -0.1) is 0 Å². The maximum absolute atomic E-state index is 13.0. The van der Waals surface area contributed by atoms with Crippen LogP contribution < -0.4 is 4.74 Å². The number of nitrogens with zero attached hydrogens (tertiary/aromatic N) is 1. The van der Waals surface area contributed by atoms with E-state index in [0.29, 0.717) is 18.7 Å². The van der Waals surface area contributed by atoms with E-state index in [0.717, 1.165) is 21.2 Å². The van der Waals surface area contributed by atoms with Gasteiger partial charge in [0.1, 0.15) is 5.75 Å². The van der Waals surface area contributed by atoms with E-state index >= 15 is 0 Å². The maximum atomic E-state index is 13.0. The third kappa shape index (κ3) is 5.14. The summed E-state index contributed by atoms with van der Waals surface area (Å²) in [5.41, 5.74) is 2.88. The zero-order valence-electron chi connectivity index (χ0n) is 16.0. The molecule has 7 heteroatoms. The minimum Gasteiger partial charge on any atom is -0.483 e. The Morgan fingerprint density at radius 1 is 1.18 bits per heavy atom. The molecule has 0 spiro atoms. The van der Waals surface area contributed by atoms with Crippen LogP contribution in [0.25, 0.3) is 0 Å². The van der Waals surface area contributed by atoms with Gasteiger partial charge in [0.15, 0.2) is 16.4 Å². The third-order valence-corrected chi connectivity index (χ3v) is 7.20. The quantitative estimate of drug-likeness (QED) is 0.652. The molecule has 1 aliphatic heterocycles. The second-order valence-electron chi connectivity index (χ2n) is 7.22. The Bertz CT molecular complexity index is 954. The Morgan fingerprint density at radius 3 is 2.46 bits per heavy atom. The average molecular weight is 466 g/mol. The molecule has 1 fully saturated rings. The zero-order valence-corrected chi connectivity index (χ0v) is 18.4. The van der Waals surface area contributed by atoms with Gasteiger partial charge in [0, 0.05) is 17.1 Å². The molecule has 0 saturated carbocycles. The SMILES string of the molecule is Cc1cccc(C)c1OCC(=O)N(Cc1cccc(Br)c1)C1CCS(=O)(=O)C1. The number of hydrogen-bond acceptors (Lipinski definition) is 4. The molecular formula is C21H24BrNO4S. The van der Waals surface area contributed by atoms with E-state index in [1.54, 1.807) is 4.90 Å². The topological polar surface area (TPSA) is 63.7 Å². The molecule has 1 unspecified atom stereocenters.